The van der Waals surface area contributed by atoms with Crippen molar-refractivity contribution in [2.75, 3.05) is 12.4 Å². The summed E-state index contributed by atoms with van der Waals surface area (Å²) in [4.78, 5) is 0. The van der Waals surface area contributed by atoms with Crippen LogP contribution in [0.15, 0.2) is 0 Å². The Hall–Kier alpha value is 0.660. The number of thioether (sulfide) groups is 2. The third-order valence-electron chi connectivity index (χ3n) is 1.81. The largest absolute Gasteiger partial charge is 0.395 e. The van der Waals surface area contributed by atoms with Crippen LogP contribution in [0.2, 0.25) is 0 Å². The number of aliphatic hydroxyl groups is 1. The quantitative estimate of drug-likeness (QED) is 0.738. The van der Waals surface area contributed by atoms with Crippen molar-refractivity contribution in [3.63, 3.8) is 0 Å². The van der Waals surface area contributed by atoms with Crippen LogP contribution in [0, 0.1) is 0 Å². The SMILES string of the molecule is CCCC[C@@H]1SC[C@@H](CO)S1. The maximum absolute atomic E-state index is 8.88. The molecule has 1 fully saturated rings. The standard InChI is InChI=1S/C8H16OS2/c1-2-3-4-8-10-6-7(5-9)11-8/h7-9H,2-6H2,1H3/t7-,8-/m1/s1. The van der Waals surface area contributed by atoms with Gasteiger partial charge in [-0.3, -0.25) is 0 Å². The number of rotatable bonds is 4. The lowest BCUT2D eigenvalue weighted by Gasteiger charge is -2.06. The van der Waals surface area contributed by atoms with Gasteiger partial charge in [-0.1, -0.05) is 19.8 Å². The molecule has 2 atom stereocenters. The second-order valence-electron chi connectivity index (χ2n) is 2.85. The highest BCUT2D eigenvalue weighted by atomic mass is 32.2. The first-order valence-electron chi connectivity index (χ1n) is 4.24. The summed E-state index contributed by atoms with van der Waals surface area (Å²) in [7, 11) is 0. The summed E-state index contributed by atoms with van der Waals surface area (Å²) in [6.07, 6.45) is 3.95. The first kappa shape index (κ1) is 9.75. The van der Waals surface area contributed by atoms with Crippen LogP contribution in [0.4, 0.5) is 0 Å². The van der Waals surface area contributed by atoms with Crippen molar-refractivity contribution in [2.24, 2.45) is 0 Å². The molecule has 1 nitrogen and oxygen atoms in total. The van der Waals surface area contributed by atoms with E-state index in [0.717, 1.165) is 10.3 Å². The van der Waals surface area contributed by atoms with Crippen LogP contribution in [0.1, 0.15) is 26.2 Å². The summed E-state index contributed by atoms with van der Waals surface area (Å²) >= 11 is 3.98. The summed E-state index contributed by atoms with van der Waals surface area (Å²) in [5.41, 5.74) is 0. The average Bonchev–Trinajstić information content (AvgIpc) is 2.48. The molecule has 0 unspecified atom stereocenters. The van der Waals surface area contributed by atoms with Gasteiger partial charge in [0.05, 0.1) is 11.2 Å². The Labute approximate surface area is 77.3 Å². The smallest absolute Gasteiger partial charge is 0.0558 e. The van der Waals surface area contributed by atoms with Gasteiger partial charge in [-0.25, -0.2) is 0 Å². The summed E-state index contributed by atoms with van der Waals surface area (Å²) in [6.45, 7) is 2.59. The number of hydrogen-bond donors (Lipinski definition) is 1. The minimum Gasteiger partial charge on any atom is -0.395 e. The molecule has 3 heteroatoms. The van der Waals surface area contributed by atoms with E-state index in [9.17, 15) is 0 Å². The Morgan fingerprint density at radius 3 is 2.91 bits per heavy atom. The fourth-order valence-corrected chi connectivity index (χ4v) is 4.38. The van der Waals surface area contributed by atoms with Crippen molar-refractivity contribution in [3.8, 4) is 0 Å². The van der Waals surface area contributed by atoms with Gasteiger partial charge in [0, 0.05) is 11.0 Å². The highest BCUT2D eigenvalue weighted by molar-refractivity contribution is 8.20. The first-order chi connectivity index (χ1) is 5.36. The molecular weight excluding hydrogens is 176 g/mol. The van der Waals surface area contributed by atoms with E-state index in [4.69, 9.17) is 5.11 Å². The molecule has 0 aromatic carbocycles. The van der Waals surface area contributed by atoms with Crippen LogP contribution >= 0.6 is 23.5 Å². The Morgan fingerprint density at radius 2 is 2.36 bits per heavy atom. The zero-order valence-electron chi connectivity index (χ0n) is 6.95. The topological polar surface area (TPSA) is 20.2 Å². The summed E-state index contributed by atoms with van der Waals surface area (Å²) in [6, 6.07) is 0. The molecule has 0 aromatic heterocycles. The molecule has 1 saturated heterocycles. The zero-order valence-corrected chi connectivity index (χ0v) is 8.59. The van der Waals surface area contributed by atoms with Crippen LogP contribution in [0.3, 0.4) is 0 Å². The molecule has 0 bridgehead atoms. The van der Waals surface area contributed by atoms with Crippen molar-refractivity contribution in [1.82, 2.24) is 0 Å². The minimum absolute atomic E-state index is 0.361. The van der Waals surface area contributed by atoms with Gasteiger partial charge in [-0.2, -0.15) is 0 Å². The van der Waals surface area contributed by atoms with Gasteiger partial charge in [0.2, 0.25) is 0 Å². The lowest BCUT2D eigenvalue weighted by atomic mass is 10.3. The van der Waals surface area contributed by atoms with Crippen molar-refractivity contribution in [3.05, 3.63) is 0 Å². The normalized spacial score (nSPS) is 31.1. The molecule has 1 aliphatic heterocycles. The molecule has 0 amide bonds. The Kier molecular flexibility index (Phi) is 4.72. The van der Waals surface area contributed by atoms with Crippen molar-refractivity contribution < 1.29 is 5.11 Å². The van der Waals surface area contributed by atoms with E-state index in [-0.39, 0.29) is 0 Å². The minimum atomic E-state index is 0.361. The predicted octanol–water partition coefficient (Wildman–Crippen LogP) is 2.34. The molecule has 0 spiro atoms. The van der Waals surface area contributed by atoms with E-state index in [0.29, 0.717) is 11.9 Å². The first-order valence-corrected chi connectivity index (χ1v) is 6.24. The summed E-state index contributed by atoms with van der Waals surface area (Å²) < 4.78 is 0.770. The maximum atomic E-state index is 8.88. The fraction of sp³-hybridized carbons (Fsp3) is 1.00. The molecule has 0 aliphatic carbocycles. The zero-order chi connectivity index (χ0) is 8.10. The third kappa shape index (κ3) is 3.26. The second-order valence-corrected chi connectivity index (χ2v) is 5.89. The van der Waals surface area contributed by atoms with Crippen LogP contribution in [-0.4, -0.2) is 27.3 Å². The van der Waals surface area contributed by atoms with Gasteiger partial charge >= 0.3 is 0 Å². The van der Waals surface area contributed by atoms with Crippen molar-refractivity contribution >= 4 is 23.5 Å². The molecule has 0 radical (unpaired) electrons. The molecule has 0 aromatic rings. The Balaban J connectivity index is 2.09. The van der Waals surface area contributed by atoms with Crippen LogP contribution in [0.25, 0.3) is 0 Å². The average molecular weight is 192 g/mol. The van der Waals surface area contributed by atoms with E-state index in [2.05, 4.69) is 6.92 Å². The van der Waals surface area contributed by atoms with Crippen LogP contribution in [0.5, 0.6) is 0 Å². The van der Waals surface area contributed by atoms with E-state index in [1.807, 2.05) is 23.5 Å². The monoisotopic (exact) mass is 192 g/mol. The van der Waals surface area contributed by atoms with E-state index < -0.39 is 0 Å². The third-order valence-corrected chi connectivity index (χ3v) is 5.20. The number of aliphatic hydroxyl groups excluding tert-OH is 1. The Bertz CT molecular complexity index is 108. The van der Waals surface area contributed by atoms with Gasteiger partial charge in [0.25, 0.3) is 0 Å². The lowest BCUT2D eigenvalue weighted by molar-refractivity contribution is 0.301. The molecule has 1 rings (SSSR count). The number of unbranched alkanes of at least 4 members (excludes halogenated alkanes) is 1. The van der Waals surface area contributed by atoms with Crippen molar-refractivity contribution in [2.45, 2.75) is 36.0 Å². The van der Waals surface area contributed by atoms with Crippen LogP contribution < -0.4 is 0 Å². The summed E-state index contributed by atoms with van der Waals surface area (Å²) in [5, 5.41) is 9.39. The fourth-order valence-electron chi connectivity index (χ4n) is 1.13. The Morgan fingerprint density at radius 1 is 1.55 bits per heavy atom. The van der Waals surface area contributed by atoms with Gasteiger partial charge in [0.1, 0.15) is 0 Å². The molecule has 1 N–H and O–H groups in total. The van der Waals surface area contributed by atoms with Crippen molar-refractivity contribution in [1.29, 1.82) is 0 Å². The maximum Gasteiger partial charge on any atom is 0.0558 e. The molecule has 1 aliphatic rings. The van der Waals surface area contributed by atoms with E-state index in [1.54, 1.807) is 0 Å². The highest BCUT2D eigenvalue weighted by Gasteiger charge is 2.24. The summed E-state index contributed by atoms with van der Waals surface area (Å²) in [5.74, 6) is 1.15. The van der Waals surface area contributed by atoms with Gasteiger partial charge in [-0.15, -0.1) is 23.5 Å². The molecule has 0 saturated carbocycles. The lowest BCUT2D eigenvalue weighted by Crippen LogP contribution is -2.06. The molecule has 1 heterocycles. The second kappa shape index (κ2) is 5.33. The van der Waals surface area contributed by atoms with Gasteiger partial charge < -0.3 is 5.11 Å². The highest BCUT2D eigenvalue weighted by Crippen LogP contribution is 2.40. The van der Waals surface area contributed by atoms with E-state index in [1.165, 1.54) is 19.3 Å². The number of hydrogen-bond acceptors (Lipinski definition) is 3. The van der Waals surface area contributed by atoms with E-state index >= 15 is 0 Å². The molecular formula is C8H16OS2. The molecule has 66 valence electrons. The van der Waals surface area contributed by atoms with Gasteiger partial charge in [0.15, 0.2) is 0 Å². The molecule has 11 heavy (non-hydrogen) atoms. The van der Waals surface area contributed by atoms with Crippen LogP contribution in [-0.2, 0) is 0 Å². The predicted molar refractivity (Wildman–Crippen MR) is 54.2 cm³/mol. The van der Waals surface area contributed by atoms with Gasteiger partial charge in [-0.05, 0) is 6.42 Å².